The fourth-order valence-corrected chi connectivity index (χ4v) is 5.55. The standard InChI is InChI=1S/C15H21BrFNS2/c1-2-5-18-14(15-10-19-6-7-20-15)8-11-3-4-12(16)9-13(11)17/h3-4,9,14-15,18H,2,5-8,10H2,1H3. The van der Waals surface area contributed by atoms with Crippen molar-refractivity contribution in [3.05, 3.63) is 34.1 Å². The first-order valence-electron chi connectivity index (χ1n) is 7.07. The van der Waals surface area contributed by atoms with Crippen molar-refractivity contribution in [3.63, 3.8) is 0 Å². The molecule has 0 aromatic heterocycles. The predicted octanol–water partition coefficient (Wildman–Crippen LogP) is 4.35. The van der Waals surface area contributed by atoms with E-state index in [0.717, 1.165) is 29.4 Å². The summed E-state index contributed by atoms with van der Waals surface area (Å²) >= 11 is 7.37. The largest absolute Gasteiger partial charge is 0.313 e. The molecule has 1 saturated heterocycles. The second-order valence-electron chi connectivity index (χ2n) is 4.98. The highest BCUT2D eigenvalue weighted by Crippen LogP contribution is 2.28. The van der Waals surface area contributed by atoms with Crippen LogP contribution in [0, 0.1) is 5.82 Å². The van der Waals surface area contributed by atoms with E-state index in [9.17, 15) is 4.39 Å². The molecule has 0 amide bonds. The summed E-state index contributed by atoms with van der Waals surface area (Å²) in [4.78, 5) is 0. The van der Waals surface area contributed by atoms with Gasteiger partial charge in [-0.25, -0.2) is 4.39 Å². The van der Waals surface area contributed by atoms with E-state index in [4.69, 9.17) is 0 Å². The molecule has 1 aromatic carbocycles. The van der Waals surface area contributed by atoms with E-state index >= 15 is 0 Å². The van der Waals surface area contributed by atoms with E-state index < -0.39 is 0 Å². The van der Waals surface area contributed by atoms with Crippen LogP contribution in [0.15, 0.2) is 22.7 Å². The van der Waals surface area contributed by atoms with Crippen LogP contribution in [0.5, 0.6) is 0 Å². The smallest absolute Gasteiger partial charge is 0.127 e. The van der Waals surface area contributed by atoms with Crippen LogP contribution in [0.3, 0.4) is 0 Å². The van der Waals surface area contributed by atoms with Gasteiger partial charge in [0.25, 0.3) is 0 Å². The topological polar surface area (TPSA) is 12.0 Å². The van der Waals surface area contributed by atoms with Gasteiger partial charge in [0.1, 0.15) is 5.82 Å². The zero-order valence-electron chi connectivity index (χ0n) is 11.7. The molecule has 0 bridgehead atoms. The fraction of sp³-hybridized carbons (Fsp3) is 0.600. The maximum Gasteiger partial charge on any atom is 0.127 e. The lowest BCUT2D eigenvalue weighted by Gasteiger charge is -2.30. The molecule has 1 heterocycles. The minimum Gasteiger partial charge on any atom is -0.313 e. The Labute approximate surface area is 138 Å². The Morgan fingerprint density at radius 3 is 2.95 bits per heavy atom. The van der Waals surface area contributed by atoms with Crippen LogP contribution in [0.25, 0.3) is 0 Å². The minimum absolute atomic E-state index is 0.101. The predicted molar refractivity (Wildman–Crippen MR) is 93.5 cm³/mol. The Hall–Kier alpha value is 0.290. The van der Waals surface area contributed by atoms with Gasteiger partial charge in [0.05, 0.1) is 0 Å². The first-order valence-corrected chi connectivity index (χ1v) is 10.1. The molecule has 1 fully saturated rings. The third kappa shape index (κ3) is 4.93. The van der Waals surface area contributed by atoms with Gasteiger partial charge in [-0.15, -0.1) is 0 Å². The number of thioether (sulfide) groups is 2. The molecule has 1 nitrogen and oxygen atoms in total. The molecule has 5 heteroatoms. The van der Waals surface area contributed by atoms with Gasteiger partial charge < -0.3 is 5.32 Å². The zero-order chi connectivity index (χ0) is 14.4. The van der Waals surface area contributed by atoms with Crippen LogP contribution >= 0.6 is 39.5 Å². The highest BCUT2D eigenvalue weighted by atomic mass is 79.9. The van der Waals surface area contributed by atoms with Crippen LogP contribution in [-0.4, -0.2) is 35.1 Å². The molecule has 2 atom stereocenters. The molecule has 1 aromatic rings. The molecular weight excluding hydrogens is 357 g/mol. The Kier molecular flexibility index (Phi) is 7.22. The van der Waals surface area contributed by atoms with Crippen molar-refractivity contribution in [1.82, 2.24) is 5.32 Å². The van der Waals surface area contributed by atoms with Crippen LogP contribution in [0.1, 0.15) is 18.9 Å². The van der Waals surface area contributed by atoms with Gasteiger partial charge in [0, 0.05) is 33.0 Å². The maximum atomic E-state index is 14.0. The summed E-state index contributed by atoms with van der Waals surface area (Å²) < 4.78 is 14.8. The molecule has 0 radical (unpaired) electrons. The average molecular weight is 378 g/mol. The number of hydrogen-bond donors (Lipinski definition) is 1. The van der Waals surface area contributed by atoms with Crippen molar-refractivity contribution in [3.8, 4) is 0 Å². The Morgan fingerprint density at radius 2 is 2.30 bits per heavy atom. The Balaban J connectivity index is 2.05. The van der Waals surface area contributed by atoms with Gasteiger partial charge in [0.15, 0.2) is 0 Å². The van der Waals surface area contributed by atoms with Gasteiger partial charge in [-0.1, -0.05) is 28.9 Å². The monoisotopic (exact) mass is 377 g/mol. The summed E-state index contributed by atoms with van der Waals surface area (Å²) in [5.41, 5.74) is 0.818. The molecule has 0 spiro atoms. The highest BCUT2D eigenvalue weighted by molar-refractivity contribution is 9.10. The summed E-state index contributed by atoms with van der Waals surface area (Å²) in [7, 11) is 0. The number of hydrogen-bond acceptors (Lipinski definition) is 3. The van der Waals surface area contributed by atoms with E-state index in [1.54, 1.807) is 6.07 Å². The van der Waals surface area contributed by atoms with Crippen LogP contribution < -0.4 is 5.32 Å². The number of halogens is 2. The van der Waals surface area contributed by atoms with Gasteiger partial charge in [0.2, 0.25) is 0 Å². The first kappa shape index (κ1) is 16.7. The second-order valence-corrected chi connectivity index (χ2v) is 8.40. The number of rotatable bonds is 6. The molecule has 0 aliphatic carbocycles. The van der Waals surface area contributed by atoms with E-state index in [-0.39, 0.29) is 5.82 Å². The van der Waals surface area contributed by atoms with E-state index in [1.807, 2.05) is 35.7 Å². The lowest BCUT2D eigenvalue weighted by molar-refractivity contribution is 0.493. The van der Waals surface area contributed by atoms with Crippen LogP contribution in [-0.2, 0) is 6.42 Å². The molecular formula is C15H21BrFNS2. The fourth-order valence-electron chi connectivity index (χ4n) is 2.33. The molecule has 1 aliphatic rings. The molecule has 0 saturated carbocycles. The average Bonchev–Trinajstić information content (AvgIpc) is 2.46. The van der Waals surface area contributed by atoms with Crippen molar-refractivity contribution >= 4 is 39.5 Å². The number of benzene rings is 1. The maximum absolute atomic E-state index is 14.0. The quantitative estimate of drug-likeness (QED) is 0.791. The normalized spacial score (nSPS) is 20.9. The third-order valence-electron chi connectivity index (χ3n) is 3.40. The number of nitrogens with one attached hydrogen (secondary N) is 1. The minimum atomic E-state index is -0.101. The summed E-state index contributed by atoms with van der Waals surface area (Å²) in [6.45, 7) is 3.18. The van der Waals surface area contributed by atoms with Crippen molar-refractivity contribution in [2.75, 3.05) is 23.8 Å². The molecule has 1 aliphatic heterocycles. The van der Waals surface area contributed by atoms with Crippen molar-refractivity contribution in [2.24, 2.45) is 0 Å². The van der Waals surface area contributed by atoms with E-state index in [1.165, 1.54) is 17.3 Å². The Bertz CT molecular complexity index is 424. The second kappa shape index (κ2) is 8.66. The lowest BCUT2D eigenvalue weighted by atomic mass is 10.0. The van der Waals surface area contributed by atoms with Crippen LogP contribution in [0.2, 0.25) is 0 Å². The first-order chi connectivity index (χ1) is 9.70. The zero-order valence-corrected chi connectivity index (χ0v) is 14.9. The van der Waals surface area contributed by atoms with Gasteiger partial charge >= 0.3 is 0 Å². The summed E-state index contributed by atoms with van der Waals surface area (Å²) in [5, 5.41) is 4.20. The summed E-state index contributed by atoms with van der Waals surface area (Å²) in [6, 6.07) is 5.76. The lowest BCUT2D eigenvalue weighted by Crippen LogP contribution is -2.43. The third-order valence-corrected chi connectivity index (χ3v) is 6.82. The van der Waals surface area contributed by atoms with E-state index in [2.05, 4.69) is 28.2 Å². The summed E-state index contributed by atoms with van der Waals surface area (Å²) in [5.74, 6) is 3.53. The van der Waals surface area contributed by atoms with E-state index in [0.29, 0.717) is 11.3 Å². The van der Waals surface area contributed by atoms with Crippen LogP contribution in [0.4, 0.5) is 4.39 Å². The Morgan fingerprint density at radius 1 is 1.45 bits per heavy atom. The van der Waals surface area contributed by atoms with Crippen molar-refractivity contribution in [1.29, 1.82) is 0 Å². The van der Waals surface area contributed by atoms with Crippen molar-refractivity contribution in [2.45, 2.75) is 31.1 Å². The van der Waals surface area contributed by atoms with Gasteiger partial charge in [-0.3, -0.25) is 0 Å². The van der Waals surface area contributed by atoms with Crippen molar-refractivity contribution < 1.29 is 4.39 Å². The summed E-state index contributed by atoms with van der Waals surface area (Å²) in [6.07, 6.45) is 1.89. The molecule has 1 N–H and O–H groups in total. The van der Waals surface area contributed by atoms with Gasteiger partial charge in [-0.2, -0.15) is 23.5 Å². The molecule has 20 heavy (non-hydrogen) atoms. The van der Waals surface area contributed by atoms with Gasteiger partial charge in [-0.05, 0) is 37.1 Å². The highest BCUT2D eigenvalue weighted by Gasteiger charge is 2.25. The molecule has 2 unspecified atom stereocenters. The SMILES string of the molecule is CCCNC(Cc1ccc(Br)cc1F)C1CSCCS1. The molecule has 2 rings (SSSR count). The molecule has 112 valence electrons.